The van der Waals surface area contributed by atoms with E-state index in [1.807, 2.05) is 14.0 Å². The van der Waals surface area contributed by atoms with Crippen molar-refractivity contribution in [2.24, 2.45) is 4.99 Å². The summed E-state index contributed by atoms with van der Waals surface area (Å²) in [5.74, 6) is 1.08. The maximum absolute atomic E-state index is 4.16. The van der Waals surface area contributed by atoms with Crippen molar-refractivity contribution in [1.29, 1.82) is 0 Å². The van der Waals surface area contributed by atoms with Crippen LogP contribution in [0.25, 0.3) is 0 Å². The quantitative estimate of drug-likeness (QED) is 0.467. The maximum atomic E-state index is 4.16. The second-order valence-electron chi connectivity index (χ2n) is 3.17. The summed E-state index contributed by atoms with van der Waals surface area (Å²) < 4.78 is 0. The molecule has 0 unspecified atom stereocenters. The van der Waals surface area contributed by atoms with Crippen molar-refractivity contribution >= 4 is 5.84 Å². The second kappa shape index (κ2) is 5.81. The van der Waals surface area contributed by atoms with Crippen molar-refractivity contribution in [3.8, 4) is 0 Å². The van der Waals surface area contributed by atoms with Crippen LogP contribution < -0.4 is 0 Å². The normalized spacial score (nSPS) is 11.2. The second-order valence-corrected chi connectivity index (χ2v) is 3.17. The smallest absolute Gasteiger partial charge is 0.0993 e. The molecule has 0 saturated carbocycles. The first-order valence-electron chi connectivity index (χ1n) is 4.46. The van der Waals surface area contributed by atoms with Gasteiger partial charge < -0.3 is 4.90 Å². The molecule has 0 saturated heterocycles. The molecule has 2 nitrogen and oxygen atoms in total. The lowest BCUT2D eigenvalue weighted by molar-refractivity contribution is 0.540. The van der Waals surface area contributed by atoms with Crippen molar-refractivity contribution in [2.75, 3.05) is 13.6 Å². The number of hydrogen-bond donors (Lipinski definition) is 0. The molecule has 0 aliphatic heterocycles. The van der Waals surface area contributed by atoms with E-state index in [4.69, 9.17) is 0 Å². The van der Waals surface area contributed by atoms with E-state index >= 15 is 0 Å². The lowest BCUT2D eigenvalue weighted by Gasteiger charge is -2.19. The van der Waals surface area contributed by atoms with Gasteiger partial charge in [-0.1, -0.05) is 12.5 Å². The Labute approximate surface area is 76.0 Å². The Hall–Kier alpha value is -0.790. The lowest BCUT2D eigenvalue weighted by atomic mass is 10.3. The summed E-state index contributed by atoms with van der Waals surface area (Å²) in [6.45, 7) is 9.47. The fraction of sp³-hybridized carbons (Fsp3) is 0.700. The van der Waals surface area contributed by atoms with Crippen LogP contribution in [0.5, 0.6) is 0 Å². The molecule has 0 aromatic rings. The van der Waals surface area contributed by atoms with Crippen molar-refractivity contribution in [1.82, 2.24) is 4.90 Å². The number of aliphatic imine (C=N–C) groups is 1. The van der Waals surface area contributed by atoms with Gasteiger partial charge in [0.15, 0.2) is 0 Å². The molecule has 0 N–H and O–H groups in total. The van der Waals surface area contributed by atoms with E-state index in [2.05, 4.69) is 36.9 Å². The summed E-state index contributed by atoms with van der Waals surface area (Å²) in [4.78, 5) is 6.35. The lowest BCUT2D eigenvalue weighted by Crippen LogP contribution is -2.24. The highest BCUT2D eigenvalue weighted by molar-refractivity contribution is 5.80. The molecule has 0 heterocycles. The average molecular weight is 168 g/mol. The van der Waals surface area contributed by atoms with Crippen LogP contribution in [-0.4, -0.2) is 24.3 Å². The van der Waals surface area contributed by atoms with E-state index in [1.54, 1.807) is 0 Å². The molecule has 0 radical (unpaired) electrons. The van der Waals surface area contributed by atoms with Gasteiger partial charge in [0.2, 0.25) is 0 Å². The minimum Gasteiger partial charge on any atom is -0.337 e. The number of amidine groups is 1. The van der Waals surface area contributed by atoms with E-state index in [9.17, 15) is 0 Å². The summed E-state index contributed by atoms with van der Waals surface area (Å²) in [6.07, 6.45) is 3.29. The van der Waals surface area contributed by atoms with Gasteiger partial charge in [0.25, 0.3) is 0 Å². The fourth-order valence-electron chi connectivity index (χ4n) is 1.00. The van der Waals surface area contributed by atoms with Gasteiger partial charge in [-0.3, -0.25) is 4.99 Å². The van der Waals surface area contributed by atoms with E-state index in [1.165, 1.54) is 5.57 Å². The van der Waals surface area contributed by atoms with Gasteiger partial charge in [-0.05, 0) is 27.2 Å². The summed E-state index contributed by atoms with van der Waals surface area (Å²) in [7, 11) is 1.83. The number of rotatable bonds is 3. The van der Waals surface area contributed by atoms with Gasteiger partial charge in [0, 0.05) is 19.8 Å². The van der Waals surface area contributed by atoms with Crippen LogP contribution >= 0.6 is 0 Å². The summed E-state index contributed by atoms with van der Waals surface area (Å²) in [6, 6.07) is 0. The molecule has 0 aliphatic carbocycles. The Morgan fingerprint density at radius 1 is 1.33 bits per heavy atom. The first kappa shape index (κ1) is 11.2. The number of hydrogen-bond acceptors (Lipinski definition) is 1. The zero-order valence-electron chi connectivity index (χ0n) is 8.89. The molecule has 0 aromatic heterocycles. The highest BCUT2D eigenvalue weighted by Gasteiger charge is 2.00. The van der Waals surface area contributed by atoms with Crippen LogP contribution in [0.1, 0.15) is 34.1 Å². The fourth-order valence-corrected chi connectivity index (χ4v) is 1.00. The zero-order valence-corrected chi connectivity index (χ0v) is 8.89. The van der Waals surface area contributed by atoms with E-state index in [0.717, 1.165) is 18.8 Å². The van der Waals surface area contributed by atoms with E-state index in [0.29, 0.717) is 0 Å². The summed E-state index contributed by atoms with van der Waals surface area (Å²) in [5.41, 5.74) is 1.31. The van der Waals surface area contributed by atoms with Crippen LogP contribution in [-0.2, 0) is 0 Å². The monoisotopic (exact) mass is 168 g/mol. The van der Waals surface area contributed by atoms with Gasteiger partial charge in [-0.25, -0.2) is 0 Å². The molecule has 12 heavy (non-hydrogen) atoms. The third-order valence-electron chi connectivity index (χ3n) is 1.62. The SMILES string of the molecule is CCCN(C=C(C)C)C(C)=NC. The standard InChI is InChI=1S/C10H20N2/c1-6-7-12(8-9(2)3)10(4)11-5/h8H,6-7H2,1-5H3. The molecule has 0 rings (SSSR count). The molecule has 70 valence electrons. The molecular formula is C10H20N2. The van der Waals surface area contributed by atoms with Crippen molar-refractivity contribution < 1.29 is 0 Å². The molecule has 0 spiro atoms. The predicted molar refractivity (Wildman–Crippen MR) is 55.5 cm³/mol. The first-order valence-corrected chi connectivity index (χ1v) is 4.46. The third-order valence-corrected chi connectivity index (χ3v) is 1.62. The van der Waals surface area contributed by atoms with Gasteiger partial charge in [-0.15, -0.1) is 0 Å². The number of nitrogens with zero attached hydrogens (tertiary/aromatic N) is 2. The van der Waals surface area contributed by atoms with E-state index in [-0.39, 0.29) is 0 Å². The van der Waals surface area contributed by atoms with Gasteiger partial charge in [0.1, 0.15) is 0 Å². The zero-order chi connectivity index (χ0) is 9.56. The number of allylic oxidation sites excluding steroid dienone is 1. The molecule has 0 aliphatic rings. The predicted octanol–water partition coefficient (Wildman–Crippen LogP) is 2.67. The van der Waals surface area contributed by atoms with Crippen LogP contribution in [0, 0.1) is 0 Å². The van der Waals surface area contributed by atoms with Crippen LogP contribution in [0.4, 0.5) is 0 Å². The van der Waals surface area contributed by atoms with Crippen LogP contribution in [0.15, 0.2) is 16.8 Å². The Morgan fingerprint density at radius 2 is 1.92 bits per heavy atom. The third kappa shape index (κ3) is 4.16. The van der Waals surface area contributed by atoms with Crippen molar-refractivity contribution in [3.63, 3.8) is 0 Å². The Balaban J connectivity index is 4.33. The van der Waals surface area contributed by atoms with E-state index < -0.39 is 0 Å². The largest absolute Gasteiger partial charge is 0.337 e. The minimum absolute atomic E-state index is 1.05. The Bertz CT molecular complexity index is 176. The molecule has 0 amide bonds. The van der Waals surface area contributed by atoms with Gasteiger partial charge in [0.05, 0.1) is 5.84 Å². The topological polar surface area (TPSA) is 15.6 Å². The molecule has 0 bridgehead atoms. The molecule has 2 heteroatoms. The molecule has 0 fully saturated rings. The van der Waals surface area contributed by atoms with Crippen LogP contribution in [0.3, 0.4) is 0 Å². The molecule has 0 atom stereocenters. The maximum Gasteiger partial charge on any atom is 0.0993 e. The summed E-state index contributed by atoms with van der Waals surface area (Å²) >= 11 is 0. The summed E-state index contributed by atoms with van der Waals surface area (Å²) in [5, 5.41) is 0. The van der Waals surface area contributed by atoms with Gasteiger partial charge >= 0.3 is 0 Å². The van der Waals surface area contributed by atoms with Crippen LogP contribution in [0.2, 0.25) is 0 Å². The average Bonchev–Trinajstić information content (AvgIpc) is 2.01. The highest BCUT2D eigenvalue weighted by Crippen LogP contribution is 1.99. The van der Waals surface area contributed by atoms with Crippen molar-refractivity contribution in [3.05, 3.63) is 11.8 Å². The Kier molecular flexibility index (Phi) is 5.43. The molecular weight excluding hydrogens is 148 g/mol. The first-order chi connectivity index (χ1) is 5.61. The van der Waals surface area contributed by atoms with Crippen molar-refractivity contribution in [2.45, 2.75) is 34.1 Å². The molecule has 0 aromatic carbocycles. The van der Waals surface area contributed by atoms with Gasteiger partial charge in [-0.2, -0.15) is 0 Å². The highest BCUT2D eigenvalue weighted by atomic mass is 15.2. The Morgan fingerprint density at radius 3 is 2.25 bits per heavy atom. The minimum atomic E-state index is 1.05.